The molecule has 0 radical (unpaired) electrons. The van der Waals surface area contributed by atoms with Gasteiger partial charge in [0.1, 0.15) is 23.2 Å². The first-order valence-corrected chi connectivity index (χ1v) is 18.1. The number of benzene rings is 4. The Morgan fingerprint density at radius 1 is 0.444 bits per heavy atom. The normalized spacial score (nSPS) is 16.5. The zero-order valence-electron chi connectivity index (χ0n) is 26.5. The molecular weight excluding hydrogens is 586 g/mol. The van der Waals surface area contributed by atoms with Crippen molar-refractivity contribution in [1.29, 1.82) is 0 Å². The molecule has 2 heterocycles. The molecule has 4 heteroatoms. The van der Waals surface area contributed by atoms with Crippen molar-refractivity contribution in [1.82, 2.24) is 0 Å². The van der Waals surface area contributed by atoms with Gasteiger partial charge in [-0.2, -0.15) is 0 Å². The molecule has 1 fully saturated rings. The van der Waals surface area contributed by atoms with Crippen molar-refractivity contribution in [3.8, 4) is 55.5 Å². The van der Waals surface area contributed by atoms with E-state index in [4.69, 9.17) is 9.47 Å². The molecule has 2 nitrogen and oxygen atoms in total. The second kappa shape index (κ2) is 12.8. The lowest BCUT2D eigenvalue weighted by atomic mass is 9.97. The van der Waals surface area contributed by atoms with E-state index in [9.17, 15) is 0 Å². The lowest BCUT2D eigenvalue weighted by Gasteiger charge is -2.24. The van der Waals surface area contributed by atoms with Crippen LogP contribution in [-0.4, -0.2) is 12.2 Å². The lowest BCUT2D eigenvalue weighted by Crippen LogP contribution is -2.31. The molecule has 0 saturated heterocycles. The highest BCUT2D eigenvalue weighted by Gasteiger charge is 2.33. The summed E-state index contributed by atoms with van der Waals surface area (Å²) >= 11 is 0. The summed E-state index contributed by atoms with van der Waals surface area (Å²) in [7, 11) is 0.995. The zero-order valence-corrected chi connectivity index (χ0v) is 28.5. The van der Waals surface area contributed by atoms with Gasteiger partial charge in [-0.25, -0.2) is 0 Å². The van der Waals surface area contributed by atoms with Crippen LogP contribution in [0.15, 0.2) is 109 Å². The van der Waals surface area contributed by atoms with Crippen molar-refractivity contribution in [2.45, 2.75) is 59.2 Å². The molecular formula is C41H40O2P2. The maximum atomic E-state index is 7.03. The van der Waals surface area contributed by atoms with Crippen molar-refractivity contribution in [2.75, 3.05) is 0 Å². The molecule has 1 aliphatic rings. The third kappa shape index (κ3) is 6.28. The van der Waals surface area contributed by atoms with Crippen LogP contribution in [0, 0.1) is 27.7 Å². The molecule has 45 heavy (non-hydrogen) atoms. The van der Waals surface area contributed by atoms with Crippen LogP contribution < -0.4 is 9.47 Å². The Bertz CT molecular complexity index is 1750. The minimum absolute atomic E-state index is 0.0266. The summed E-state index contributed by atoms with van der Waals surface area (Å²) < 4.78 is 14.1. The maximum Gasteiger partial charge on any atom is 0.143 e. The predicted octanol–water partition coefficient (Wildman–Crippen LogP) is 12.0. The number of rotatable bonds is 8. The van der Waals surface area contributed by atoms with Gasteiger partial charge in [0, 0.05) is 11.1 Å². The fourth-order valence-corrected chi connectivity index (χ4v) is 8.85. The van der Waals surface area contributed by atoms with E-state index in [2.05, 4.69) is 136 Å². The largest absolute Gasteiger partial charge is 0.482 e. The topological polar surface area (TPSA) is 18.5 Å². The van der Waals surface area contributed by atoms with Gasteiger partial charge < -0.3 is 9.47 Å². The highest BCUT2D eigenvalue weighted by Crippen LogP contribution is 2.51. The molecule has 0 bridgehead atoms. The van der Waals surface area contributed by atoms with Gasteiger partial charge in [0.25, 0.3) is 0 Å². The number of aryl methyl sites for hydroxylation is 4. The first-order chi connectivity index (χ1) is 21.9. The van der Waals surface area contributed by atoms with Crippen LogP contribution in [0.25, 0.3) is 44.5 Å². The molecule has 4 atom stereocenters. The van der Waals surface area contributed by atoms with Crippen molar-refractivity contribution in [2.24, 2.45) is 0 Å². The van der Waals surface area contributed by atoms with E-state index in [1.165, 1.54) is 66.8 Å². The third-order valence-corrected chi connectivity index (χ3v) is 11.2. The molecule has 0 N–H and O–H groups in total. The summed E-state index contributed by atoms with van der Waals surface area (Å²) in [4.78, 5) is 0. The molecule has 0 spiro atoms. The fourth-order valence-electron chi connectivity index (χ4n) is 6.39. The SMILES string of the molecule is Cc1ccc(-c2c[pH]c(OC3CCCC3Oc3[pH]cc(-c4ccc(C)cc4)c3-c3ccc(C)cc3)c2-c2ccc(C)cc2)cc1. The standard InChI is InChI=1S/C41H40O2P2/c1-26-8-16-30(17-9-26)34-24-44-40(38(34)32-20-12-28(3)13-21-32)42-36-6-5-7-37(36)43-41-39(33-22-14-29(4)15-23-33)35(25-45-41)31-18-10-27(2)11-19-31/h8-25,36-37,44-45H,5-7H2,1-4H3. The van der Waals surface area contributed by atoms with E-state index in [1.807, 2.05) is 0 Å². The van der Waals surface area contributed by atoms with Crippen LogP contribution in [0.2, 0.25) is 0 Å². The summed E-state index contributed by atoms with van der Waals surface area (Å²) in [5, 5.41) is 0. The Kier molecular flexibility index (Phi) is 8.46. The highest BCUT2D eigenvalue weighted by atomic mass is 31.0. The maximum absolute atomic E-state index is 7.03. The molecule has 226 valence electrons. The molecule has 4 unspecified atom stereocenters. The Hall–Kier alpha value is -3.96. The van der Waals surface area contributed by atoms with Gasteiger partial charge in [-0.1, -0.05) is 136 Å². The molecule has 2 aromatic heterocycles. The van der Waals surface area contributed by atoms with Crippen molar-refractivity contribution in [3.63, 3.8) is 0 Å². The molecule has 0 aliphatic heterocycles. The van der Waals surface area contributed by atoms with Gasteiger partial charge in [0.05, 0.1) is 0 Å². The van der Waals surface area contributed by atoms with E-state index in [-0.39, 0.29) is 12.2 Å². The second-order valence-corrected chi connectivity index (χ2v) is 14.6. The van der Waals surface area contributed by atoms with E-state index in [0.29, 0.717) is 16.4 Å². The minimum atomic E-state index is 0.0266. The summed E-state index contributed by atoms with van der Waals surface area (Å²) in [6, 6.07) is 35.5. The van der Waals surface area contributed by atoms with E-state index >= 15 is 0 Å². The Balaban J connectivity index is 1.22. The quantitative estimate of drug-likeness (QED) is 0.167. The van der Waals surface area contributed by atoms with E-state index in [1.54, 1.807) is 0 Å². The molecule has 4 aromatic carbocycles. The average molecular weight is 627 g/mol. The molecule has 1 aliphatic carbocycles. The van der Waals surface area contributed by atoms with Gasteiger partial charge in [-0.05, 0) is 91.9 Å². The Morgan fingerprint density at radius 3 is 1.09 bits per heavy atom. The second-order valence-electron chi connectivity index (χ2n) is 12.5. The number of ether oxygens (including phenoxy) is 2. The van der Waals surface area contributed by atoms with Crippen LogP contribution >= 0.6 is 16.4 Å². The van der Waals surface area contributed by atoms with Crippen molar-refractivity contribution >= 4 is 16.4 Å². The fraction of sp³-hybridized carbons (Fsp3) is 0.220. The summed E-state index contributed by atoms with van der Waals surface area (Å²) in [5.41, 5.74) is 17.2. The Labute approximate surface area is 270 Å². The van der Waals surface area contributed by atoms with Crippen LogP contribution in [0.5, 0.6) is 11.0 Å². The van der Waals surface area contributed by atoms with Gasteiger partial charge >= 0.3 is 0 Å². The predicted molar refractivity (Wildman–Crippen MR) is 195 cm³/mol. The van der Waals surface area contributed by atoms with Gasteiger partial charge in [-0.3, -0.25) is 0 Å². The zero-order chi connectivity index (χ0) is 30.9. The van der Waals surface area contributed by atoms with Crippen LogP contribution in [0.4, 0.5) is 0 Å². The highest BCUT2D eigenvalue weighted by molar-refractivity contribution is 7.33. The molecule has 7 rings (SSSR count). The number of hydrogen-bond acceptors (Lipinski definition) is 2. The van der Waals surface area contributed by atoms with Crippen LogP contribution in [0.3, 0.4) is 0 Å². The minimum Gasteiger partial charge on any atom is -0.482 e. The first kappa shape index (κ1) is 29.7. The molecule has 0 amide bonds. The van der Waals surface area contributed by atoms with Gasteiger partial charge in [0.15, 0.2) is 0 Å². The monoisotopic (exact) mass is 626 g/mol. The summed E-state index contributed by atoms with van der Waals surface area (Å²) in [5.74, 6) is 4.74. The summed E-state index contributed by atoms with van der Waals surface area (Å²) in [6.07, 6.45) is 3.18. The van der Waals surface area contributed by atoms with Crippen LogP contribution in [-0.2, 0) is 0 Å². The van der Waals surface area contributed by atoms with Crippen molar-refractivity contribution in [3.05, 3.63) is 131 Å². The van der Waals surface area contributed by atoms with E-state index in [0.717, 1.165) is 30.2 Å². The van der Waals surface area contributed by atoms with Crippen LogP contribution in [0.1, 0.15) is 41.5 Å². The van der Waals surface area contributed by atoms with Crippen molar-refractivity contribution < 1.29 is 9.47 Å². The lowest BCUT2D eigenvalue weighted by molar-refractivity contribution is 0.0845. The average Bonchev–Trinajstić information content (AvgIpc) is 3.79. The van der Waals surface area contributed by atoms with Gasteiger partial charge in [-0.15, -0.1) is 0 Å². The summed E-state index contributed by atoms with van der Waals surface area (Å²) in [6.45, 7) is 8.57. The van der Waals surface area contributed by atoms with Gasteiger partial charge in [0.2, 0.25) is 0 Å². The smallest absolute Gasteiger partial charge is 0.143 e. The third-order valence-electron chi connectivity index (χ3n) is 9.02. The Morgan fingerprint density at radius 2 is 0.756 bits per heavy atom. The number of hydrogen-bond donors (Lipinski definition) is 0. The molecule has 6 aromatic rings. The first-order valence-electron chi connectivity index (χ1n) is 16.0. The van der Waals surface area contributed by atoms with E-state index < -0.39 is 0 Å². The molecule has 1 saturated carbocycles.